The molecule has 0 heterocycles. The molecule has 0 aliphatic heterocycles. The van der Waals surface area contributed by atoms with Crippen molar-refractivity contribution in [2.75, 3.05) is 26.5 Å². The van der Waals surface area contributed by atoms with E-state index in [2.05, 4.69) is 5.32 Å². The van der Waals surface area contributed by atoms with Crippen molar-refractivity contribution < 1.29 is 13.9 Å². The van der Waals surface area contributed by atoms with Crippen LogP contribution in [0.15, 0.2) is 48.5 Å². The molecule has 0 saturated carbocycles. The highest BCUT2D eigenvalue weighted by Crippen LogP contribution is 2.15. The Kier molecular flexibility index (Phi) is 7.60. The number of rotatable bonds is 8. The van der Waals surface area contributed by atoms with Crippen LogP contribution in [0.5, 0.6) is 5.75 Å². The molecule has 2 aromatic carbocycles. The topological polar surface area (TPSA) is 41.6 Å². The molecule has 0 aliphatic carbocycles. The van der Waals surface area contributed by atoms with Crippen molar-refractivity contribution in [1.29, 1.82) is 0 Å². The molecule has 0 aromatic heterocycles. The van der Waals surface area contributed by atoms with E-state index < -0.39 is 0 Å². The Bertz CT molecular complexity index is 697. The van der Waals surface area contributed by atoms with Crippen LogP contribution in [0.2, 0.25) is 0 Å². The molecule has 0 radical (unpaired) electrons. The lowest BCUT2D eigenvalue weighted by Crippen LogP contribution is -2.37. The van der Waals surface area contributed by atoms with E-state index >= 15 is 0 Å². The normalized spacial score (nSPS) is 10.4. The lowest BCUT2D eigenvalue weighted by Gasteiger charge is -2.18. The number of hydrogen-bond donors (Lipinski definition) is 1. The highest BCUT2D eigenvalue weighted by molar-refractivity contribution is 7.98. The summed E-state index contributed by atoms with van der Waals surface area (Å²) in [5, 5.41) is 2.87. The van der Waals surface area contributed by atoms with Crippen molar-refractivity contribution in [1.82, 2.24) is 10.2 Å². The molecule has 1 N–H and O–H groups in total. The van der Waals surface area contributed by atoms with Crippen molar-refractivity contribution in [2.45, 2.75) is 12.3 Å². The standard InChI is InChI=1S/C19H23FN2O2S/c1-22(13-15-6-5-8-17(12-15)24-2)19(23)21-10-11-25-14-16-7-3-4-9-18(16)20/h3-9,12H,10-11,13-14H2,1-2H3,(H,21,23). The first kappa shape index (κ1) is 19.1. The van der Waals surface area contributed by atoms with Crippen LogP contribution in [0.1, 0.15) is 11.1 Å². The number of carbonyl (C=O) groups excluding carboxylic acids is 1. The van der Waals surface area contributed by atoms with Gasteiger partial charge in [-0.15, -0.1) is 0 Å². The summed E-state index contributed by atoms with van der Waals surface area (Å²) in [5.41, 5.74) is 1.69. The van der Waals surface area contributed by atoms with Gasteiger partial charge in [0.2, 0.25) is 0 Å². The van der Waals surface area contributed by atoms with Crippen LogP contribution in [-0.2, 0) is 12.3 Å². The first-order chi connectivity index (χ1) is 12.1. The monoisotopic (exact) mass is 362 g/mol. The zero-order chi connectivity index (χ0) is 18.1. The molecule has 0 unspecified atom stereocenters. The lowest BCUT2D eigenvalue weighted by atomic mass is 10.2. The molecule has 4 nitrogen and oxygen atoms in total. The number of benzene rings is 2. The smallest absolute Gasteiger partial charge is 0.317 e. The maximum Gasteiger partial charge on any atom is 0.317 e. The Labute approximate surface area is 152 Å². The Morgan fingerprint density at radius 3 is 2.80 bits per heavy atom. The molecule has 6 heteroatoms. The summed E-state index contributed by atoms with van der Waals surface area (Å²) < 4.78 is 18.7. The molecular weight excluding hydrogens is 339 g/mol. The summed E-state index contributed by atoms with van der Waals surface area (Å²) in [6, 6.07) is 14.3. The van der Waals surface area contributed by atoms with E-state index in [1.165, 1.54) is 6.07 Å². The van der Waals surface area contributed by atoms with Gasteiger partial charge in [0.05, 0.1) is 7.11 Å². The van der Waals surface area contributed by atoms with Crippen LogP contribution in [0.3, 0.4) is 0 Å². The predicted octanol–water partition coefficient (Wildman–Crippen LogP) is 3.91. The van der Waals surface area contributed by atoms with Crippen LogP contribution in [0.4, 0.5) is 9.18 Å². The third-order valence-electron chi connectivity index (χ3n) is 3.64. The fraction of sp³-hybridized carbons (Fsp3) is 0.316. The molecule has 0 bridgehead atoms. The summed E-state index contributed by atoms with van der Waals surface area (Å²) in [7, 11) is 3.37. The Morgan fingerprint density at radius 1 is 1.24 bits per heavy atom. The van der Waals surface area contributed by atoms with E-state index in [9.17, 15) is 9.18 Å². The van der Waals surface area contributed by atoms with Gasteiger partial charge in [0, 0.05) is 31.6 Å². The van der Waals surface area contributed by atoms with Gasteiger partial charge in [-0.2, -0.15) is 11.8 Å². The molecule has 25 heavy (non-hydrogen) atoms. The number of nitrogens with zero attached hydrogens (tertiary/aromatic N) is 1. The minimum atomic E-state index is -0.183. The summed E-state index contributed by atoms with van der Waals surface area (Å²) >= 11 is 1.59. The number of methoxy groups -OCH3 is 1. The average Bonchev–Trinajstić information content (AvgIpc) is 2.62. The molecule has 0 aliphatic rings. The third-order valence-corrected chi connectivity index (χ3v) is 4.65. The number of urea groups is 1. The maximum absolute atomic E-state index is 13.5. The molecule has 0 saturated heterocycles. The van der Waals surface area contributed by atoms with Crippen LogP contribution in [0.25, 0.3) is 0 Å². The number of halogens is 1. The van der Waals surface area contributed by atoms with E-state index in [0.717, 1.165) is 17.1 Å². The number of nitrogens with one attached hydrogen (secondary N) is 1. The Balaban J connectivity index is 1.68. The Hall–Kier alpha value is -2.21. The van der Waals surface area contributed by atoms with Crippen LogP contribution in [0, 0.1) is 5.82 Å². The van der Waals surface area contributed by atoms with E-state index in [1.54, 1.807) is 43.0 Å². The van der Waals surface area contributed by atoms with Gasteiger partial charge in [-0.1, -0.05) is 30.3 Å². The largest absolute Gasteiger partial charge is 0.497 e. The van der Waals surface area contributed by atoms with Crippen molar-refractivity contribution in [3.05, 3.63) is 65.5 Å². The first-order valence-corrected chi connectivity index (χ1v) is 9.18. The lowest BCUT2D eigenvalue weighted by molar-refractivity contribution is 0.207. The molecule has 0 spiro atoms. The van der Waals surface area contributed by atoms with Gasteiger partial charge in [-0.25, -0.2) is 9.18 Å². The zero-order valence-electron chi connectivity index (χ0n) is 14.5. The molecule has 2 aromatic rings. The van der Waals surface area contributed by atoms with Gasteiger partial charge in [0.25, 0.3) is 0 Å². The van der Waals surface area contributed by atoms with Gasteiger partial charge < -0.3 is 15.0 Å². The Morgan fingerprint density at radius 2 is 2.04 bits per heavy atom. The second kappa shape index (κ2) is 9.93. The van der Waals surface area contributed by atoms with E-state index in [4.69, 9.17) is 4.74 Å². The van der Waals surface area contributed by atoms with Crippen molar-refractivity contribution in [3.63, 3.8) is 0 Å². The summed E-state index contributed by atoms with van der Waals surface area (Å²) in [6.45, 7) is 1.05. The van der Waals surface area contributed by atoms with Gasteiger partial charge in [0.1, 0.15) is 11.6 Å². The number of thioether (sulfide) groups is 1. The van der Waals surface area contributed by atoms with Crippen LogP contribution < -0.4 is 10.1 Å². The summed E-state index contributed by atoms with van der Waals surface area (Å²) in [5.74, 6) is 1.92. The maximum atomic E-state index is 13.5. The highest BCUT2D eigenvalue weighted by atomic mass is 32.2. The number of hydrogen-bond acceptors (Lipinski definition) is 3. The molecule has 0 atom stereocenters. The molecule has 0 fully saturated rings. The number of carbonyl (C=O) groups is 1. The van der Waals surface area contributed by atoms with Crippen molar-refractivity contribution in [3.8, 4) is 5.75 Å². The number of ether oxygens (including phenoxy) is 1. The van der Waals surface area contributed by atoms with Crippen LogP contribution >= 0.6 is 11.8 Å². The fourth-order valence-corrected chi connectivity index (χ4v) is 3.12. The second-order valence-electron chi connectivity index (χ2n) is 5.58. The van der Waals surface area contributed by atoms with Crippen molar-refractivity contribution in [2.24, 2.45) is 0 Å². The van der Waals surface area contributed by atoms with E-state index in [0.29, 0.717) is 24.4 Å². The molecular formula is C19H23FN2O2S. The van der Waals surface area contributed by atoms with E-state index in [-0.39, 0.29) is 11.8 Å². The first-order valence-electron chi connectivity index (χ1n) is 8.03. The zero-order valence-corrected chi connectivity index (χ0v) is 15.3. The number of amides is 2. The van der Waals surface area contributed by atoms with Crippen molar-refractivity contribution >= 4 is 17.8 Å². The molecule has 2 amide bonds. The average molecular weight is 362 g/mol. The molecule has 134 valence electrons. The van der Waals surface area contributed by atoms with E-state index in [1.807, 2.05) is 30.3 Å². The minimum Gasteiger partial charge on any atom is -0.497 e. The molecule has 2 rings (SSSR count). The summed E-state index contributed by atoms with van der Waals surface area (Å²) in [6.07, 6.45) is 0. The van der Waals surface area contributed by atoms with Gasteiger partial charge in [0.15, 0.2) is 0 Å². The van der Waals surface area contributed by atoms with Crippen LogP contribution in [-0.4, -0.2) is 37.4 Å². The van der Waals surface area contributed by atoms with Gasteiger partial charge in [-0.3, -0.25) is 0 Å². The third kappa shape index (κ3) is 6.31. The fourth-order valence-electron chi connectivity index (χ4n) is 2.28. The second-order valence-corrected chi connectivity index (χ2v) is 6.69. The minimum absolute atomic E-state index is 0.130. The quantitative estimate of drug-likeness (QED) is 0.724. The summed E-state index contributed by atoms with van der Waals surface area (Å²) in [4.78, 5) is 13.7. The van der Waals surface area contributed by atoms with Gasteiger partial charge >= 0.3 is 6.03 Å². The predicted molar refractivity (Wildman–Crippen MR) is 100 cm³/mol. The highest BCUT2D eigenvalue weighted by Gasteiger charge is 2.09. The van der Waals surface area contributed by atoms with Gasteiger partial charge in [-0.05, 0) is 29.3 Å². The SMILES string of the molecule is COc1cccc(CN(C)C(=O)NCCSCc2ccccc2F)c1.